The van der Waals surface area contributed by atoms with Gasteiger partial charge in [0.1, 0.15) is 17.4 Å². The van der Waals surface area contributed by atoms with Crippen LogP contribution in [0.4, 0.5) is 0 Å². The van der Waals surface area contributed by atoms with Crippen LogP contribution in [0.5, 0.6) is 5.75 Å². The van der Waals surface area contributed by atoms with Crippen molar-refractivity contribution in [2.45, 2.75) is 20.4 Å². The van der Waals surface area contributed by atoms with Gasteiger partial charge < -0.3 is 9.30 Å². The molecule has 194 valence electrons. The van der Waals surface area contributed by atoms with Gasteiger partial charge in [-0.15, -0.1) is 0 Å². The third-order valence-electron chi connectivity index (χ3n) is 6.70. The first-order valence-corrected chi connectivity index (χ1v) is 13.6. The summed E-state index contributed by atoms with van der Waals surface area (Å²) in [4.78, 5) is 17.4. The Hall–Kier alpha value is -4.14. The van der Waals surface area contributed by atoms with Crippen LogP contribution in [0, 0.1) is 19.3 Å². The normalized spacial score (nSPS) is 16.1. The molecule has 0 saturated heterocycles. The minimum Gasteiger partial charge on any atom is -0.492 e. The van der Waals surface area contributed by atoms with Crippen LogP contribution < -0.4 is 4.74 Å². The Morgan fingerprint density at radius 1 is 1.05 bits per heavy atom. The number of rotatable bonds is 6. The lowest BCUT2D eigenvalue weighted by Crippen LogP contribution is -2.35. The van der Waals surface area contributed by atoms with Crippen LogP contribution in [0.25, 0.3) is 17.0 Å². The molecule has 2 aliphatic heterocycles. The van der Waals surface area contributed by atoms with Crippen molar-refractivity contribution >= 4 is 62.3 Å². The van der Waals surface area contributed by atoms with Gasteiger partial charge in [0.25, 0.3) is 5.91 Å². The number of aromatic nitrogens is 1. The fourth-order valence-corrected chi connectivity index (χ4v) is 5.98. The lowest BCUT2D eigenvalue weighted by Gasteiger charge is -2.20. The minimum absolute atomic E-state index is 0.0152. The topological polar surface area (TPSA) is 83.0 Å². The summed E-state index contributed by atoms with van der Waals surface area (Å²) in [7, 11) is 0. The highest BCUT2D eigenvalue weighted by molar-refractivity contribution is 8.27. The van der Waals surface area contributed by atoms with Gasteiger partial charge in [-0.3, -0.25) is 10.2 Å². The number of nitrogens with one attached hydrogen (secondary N) is 1. The van der Waals surface area contributed by atoms with Gasteiger partial charge in [0.15, 0.2) is 5.84 Å². The number of amidine groups is 2. The number of hydrogen-bond acceptors (Lipinski definition) is 5. The first-order chi connectivity index (χ1) is 18.9. The van der Waals surface area contributed by atoms with Crippen molar-refractivity contribution in [1.29, 1.82) is 5.41 Å². The van der Waals surface area contributed by atoms with Gasteiger partial charge in [-0.25, -0.2) is 0 Å². The Balaban J connectivity index is 1.32. The summed E-state index contributed by atoms with van der Waals surface area (Å²) in [5.41, 5.74) is 4.95. The molecule has 9 heteroatoms. The summed E-state index contributed by atoms with van der Waals surface area (Å²) in [6.45, 7) is 5.18. The van der Waals surface area contributed by atoms with Crippen molar-refractivity contribution in [2.75, 3.05) is 6.61 Å². The van der Waals surface area contributed by atoms with Gasteiger partial charge in [0.05, 0.1) is 17.1 Å². The molecule has 0 radical (unpaired) electrons. The average molecular weight is 554 g/mol. The molecule has 1 amide bonds. The maximum atomic E-state index is 13.1. The number of aryl methyl sites for hydroxylation is 1. The lowest BCUT2D eigenvalue weighted by atomic mass is 10.1. The molecule has 1 N–H and O–H groups in total. The number of carbonyl (C=O) groups is 1. The maximum absolute atomic E-state index is 13.1. The van der Waals surface area contributed by atoms with E-state index in [0.29, 0.717) is 28.4 Å². The van der Waals surface area contributed by atoms with Gasteiger partial charge in [0, 0.05) is 27.7 Å². The third-order valence-corrected chi connectivity index (χ3v) is 7.97. The van der Waals surface area contributed by atoms with Crippen LogP contribution in [0.15, 0.2) is 88.5 Å². The summed E-state index contributed by atoms with van der Waals surface area (Å²) < 4.78 is 8.20. The van der Waals surface area contributed by atoms with E-state index < -0.39 is 5.91 Å². The number of fused-ring (bicyclic) bond motifs is 2. The van der Waals surface area contributed by atoms with Crippen molar-refractivity contribution < 1.29 is 9.53 Å². The summed E-state index contributed by atoms with van der Waals surface area (Å²) in [6, 6.07) is 23.4. The standard InChI is InChI=1S/C30H24ClN5O2S/c1-18-8-7-9-20(16-18)38-15-14-35-19(2)23(21-10-4-6-13-26(21)35)17-24-27(32)36-30(33-28(24)37)39-29(34-36)22-11-3-5-12-25(22)31/h3-13,16-17,32H,14-15H2,1-2H3/b24-17-,32-27?. The quantitative estimate of drug-likeness (QED) is 0.271. The highest BCUT2D eigenvalue weighted by Crippen LogP contribution is 2.34. The van der Waals surface area contributed by atoms with Crippen molar-refractivity contribution in [3.8, 4) is 5.75 Å². The summed E-state index contributed by atoms with van der Waals surface area (Å²) in [6.07, 6.45) is 1.76. The predicted octanol–water partition coefficient (Wildman–Crippen LogP) is 6.66. The number of hydrazone groups is 1. The molecule has 0 bridgehead atoms. The fourth-order valence-electron chi connectivity index (χ4n) is 4.77. The number of nitrogens with zero attached hydrogens (tertiary/aromatic N) is 4. The van der Waals surface area contributed by atoms with Crippen LogP contribution >= 0.6 is 23.4 Å². The van der Waals surface area contributed by atoms with Crippen molar-refractivity contribution in [3.63, 3.8) is 0 Å². The van der Waals surface area contributed by atoms with Gasteiger partial charge in [-0.05, 0) is 61.5 Å². The molecular weight excluding hydrogens is 530 g/mol. The number of amides is 1. The molecule has 0 saturated carbocycles. The molecule has 4 aromatic rings. The van der Waals surface area contributed by atoms with E-state index in [-0.39, 0.29) is 11.4 Å². The van der Waals surface area contributed by atoms with E-state index in [4.69, 9.17) is 21.7 Å². The molecule has 7 nitrogen and oxygen atoms in total. The Morgan fingerprint density at radius 3 is 2.67 bits per heavy atom. The van der Waals surface area contributed by atoms with E-state index in [9.17, 15) is 4.79 Å². The molecular formula is C30H24ClN5O2S. The molecule has 0 unspecified atom stereocenters. The van der Waals surface area contributed by atoms with Gasteiger partial charge in [-0.2, -0.15) is 15.1 Å². The van der Waals surface area contributed by atoms with Crippen LogP contribution in [0.3, 0.4) is 0 Å². The zero-order valence-electron chi connectivity index (χ0n) is 21.3. The molecule has 2 aliphatic rings. The number of benzene rings is 3. The third kappa shape index (κ3) is 4.66. The minimum atomic E-state index is -0.464. The summed E-state index contributed by atoms with van der Waals surface area (Å²) >= 11 is 7.59. The molecule has 6 rings (SSSR count). The van der Waals surface area contributed by atoms with E-state index in [1.54, 1.807) is 12.1 Å². The van der Waals surface area contributed by atoms with Gasteiger partial charge in [0.2, 0.25) is 5.17 Å². The number of para-hydroxylation sites is 1. The Kier molecular flexibility index (Phi) is 6.58. The van der Waals surface area contributed by atoms with E-state index >= 15 is 0 Å². The number of hydrogen-bond donors (Lipinski definition) is 1. The van der Waals surface area contributed by atoms with Crippen molar-refractivity contribution in [3.05, 3.63) is 106 Å². The Bertz CT molecular complexity index is 1750. The van der Waals surface area contributed by atoms with E-state index in [1.807, 2.05) is 74.5 Å². The highest BCUT2D eigenvalue weighted by Gasteiger charge is 2.36. The average Bonchev–Trinajstić information content (AvgIpc) is 3.46. The van der Waals surface area contributed by atoms with E-state index in [1.165, 1.54) is 16.8 Å². The molecule has 3 heterocycles. The van der Waals surface area contributed by atoms with E-state index in [0.717, 1.165) is 39.0 Å². The van der Waals surface area contributed by atoms with E-state index in [2.05, 4.69) is 20.7 Å². The zero-order valence-corrected chi connectivity index (χ0v) is 22.9. The number of ether oxygens (including phenoxy) is 1. The van der Waals surface area contributed by atoms with Crippen molar-refractivity contribution in [1.82, 2.24) is 9.58 Å². The number of thioether (sulfide) groups is 1. The highest BCUT2D eigenvalue weighted by atomic mass is 35.5. The Labute approximate surface area is 235 Å². The second kappa shape index (κ2) is 10.2. The smallest absolute Gasteiger partial charge is 0.283 e. The molecule has 0 aliphatic carbocycles. The zero-order chi connectivity index (χ0) is 27.1. The largest absolute Gasteiger partial charge is 0.492 e. The second-order valence-electron chi connectivity index (χ2n) is 9.24. The Morgan fingerprint density at radius 2 is 1.85 bits per heavy atom. The maximum Gasteiger partial charge on any atom is 0.283 e. The first kappa shape index (κ1) is 25.2. The van der Waals surface area contributed by atoms with Crippen molar-refractivity contribution in [2.24, 2.45) is 10.1 Å². The predicted molar refractivity (Wildman–Crippen MR) is 159 cm³/mol. The summed E-state index contributed by atoms with van der Waals surface area (Å²) in [5.74, 6) is 0.355. The van der Waals surface area contributed by atoms with Crippen LogP contribution in [0.2, 0.25) is 5.02 Å². The van der Waals surface area contributed by atoms with Crippen LogP contribution in [-0.2, 0) is 11.3 Å². The van der Waals surface area contributed by atoms with Crippen LogP contribution in [-0.4, -0.2) is 38.1 Å². The second-order valence-corrected chi connectivity index (χ2v) is 10.6. The molecule has 1 aromatic heterocycles. The van der Waals surface area contributed by atoms with Gasteiger partial charge in [-0.1, -0.05) is 60.1 Å². The van der Waals surface area contributed by atoms with Gasteiger partial charge >= 0.3 is 0 Å². The summed E-state index contributed by atoms with van der Waals surface area (Å²) in [5, 5.41) is 17.3. The molecule has 0 spiro atoms. The number of halogens is 1. The molecule has 39 heavy (non-hydrogen) atoms. The first-order valence-electron chi connectivity index (χ1n) is 12.4. The number of aliphatic imine (C=N–C) groups is 1. The molecule has 0 fully saturated rings. The van der Waals surface area contributed by atoms with Crippen LogP contribution in [0.1, 0.15) is 22.4 Å². The molecule has 0 atom stereocenters. The fraction of sp³-hybridized carbons (Fsp3) is 0.133. The SMILES string of the molecule is Cc1cccc(OCCn2c(C)c(/C=C3/C(=N)N4N=C(c5ccccc5Cl)SC4=NC3=O)c3ccccc32)c1. The lowest BCUT2D eigenvalue weighted by molar-refractivity contribution is -0.114. The monoisotopic (exact) mass is 553 g/mol. The molecule has 3 aromatic carbocycles. The number of carbonyl (C=O) groups excluding carboxylic acids is 1.